The molecular formula is C23H22F3N3O2. The summed E-state index contributed by atoms with van der Waals surface area (Å²) in [6, 6.07) is 14.3. The van der Waals surface area contributed by atoms with Crippen LogP contribution in [0.3, 0.4) is 0 Å². The van der Waals surface area contributed by atoms with E-state index in [1.807, 2.05) is 11.0 Å². The first-order valence-corrected chi connectivity index (χ1v) is 10.1. The topological polar surface area (TPSA) is 67.6 Å². The van der Waals surface area contributed by atoms with Crippen LogP contribution in [0.4, 0.5) is 18.9 Å². The van der Waals surface area contributed by atoms with E-state index in [2.05, 4.69) is 0 Å². The fourth-order valence-electron chi connectivity index (χ4n) is 4.75. The van der Waals surface area contributed by atoms with Crippen LogP contribution in [0.2, 0.25) is 0 Å². The molecule has 2 atom stereocenters. The first-order valence-electron chi connectivity index (χ1n) is 10.1. The lowest BCUT2D eigenvalue weighted by molar-refractivity contribution is -0.137. The van der Waals surface area contributed by atoms with Crippen LogP contribution in [-0.4, -0.2) is 48.7 Å². The number of hydrogen-bond acceptors (Lipinski definition) is 4. The largest absolute Gasteiger partial charge is 0.417 e. The number of rotatable bonds is 3. The van der Waals surface area contributed by atoms with Gasteiger partial charge in [0.15, 0.2) is 0 Å². The number of aliphatic hydroxyl groups is 1. The molecule has 0 aliphatic carbocycles. The Morgan fingerprint density at radius 2 is 1.94 bits per heavy atom. The Morgan fingerprint density at radius 3 is 2.58 bits per heavy atom. The first kappa shape index (κ1) is 21.2. The van der Waals surface area contributed by atoms with E-state index in [4.69, 9.17) is 5.26 Å². The zero-order chi connectivity index (χ0) is 22.2. The van der Waals surface area contributed by atoms with Crippen molar-refractivity contribution in [3.05, 3.63) is 65.2 Å². The van der Waals surface area contributed by atoms with Crippen LogP contribution >= 0.6 is 0 Å². The number of benzene rings is 2. The predicted octanol–water partition coefficient (Wildman–Crippen LogP) is 3.54. The van der Waals surface area contributed by atoms with Gasteiger partial charge in [0.1, 0.15) is 0 Å². The molecule has 0 unspecified atom stereocenters. The van der Waals surface area contributed by atoms with Gasteiger partial charge in [-0.1, -0.05) is 18.2 Å². The number of aliphatic hydroxyl groups excluding tert-OH is 1. The van der Waals surface area contributed by atoms with Gasteiger partial charge in [-0.05, 0) is 36.8 Å². The number of hydrogen-bond donors (Lipinski definition) is 1. The first-order chi connectivity index (χ1) is 14.8. The number of halogens is 3. The van der Waals surface area contributed by atoms with Gasteiger partial charge in [0, 0.05) is 48.8 Å². The molecule has 2 saturated heterocycles. The van der Waals surface area contributed by atoms with E-state index in [1.165, 1.54) is 12.1 Å². The third-order valence-corrected chi connectivity index (χ3v) is 6.55. The van der Waals surface area contributed by atoms with Gasteiger partial charge in [0.05, 0.1) is 23.8 Å². The molecule has 2 aliphatic heterocycles. The Morgan fingerprint density at radius 1 is 1.19 bits per heavy atom. The van der Waals surface area contributed by atoms with E-state index in [0.29, 0.717) is 43.9 Å². The zero-order valence-electron chi connectivity index (χ0n) is 16.8. The molecule has 0 bridgehead atoms. The highest BCUT2D eigenvalue weighted by Gasteiger charge is 2.50. The van der Waals surface area contributed by atoms with Crippen LogP contribution in [0.15, 0.2) is 48.5 Å². The van der Waals surface area contributed by atoms with Crippen molar-refractivity contribution in [3.8, 4) is 6.07 Å². The predicted molar refractivity (Wildman–Crippen MR) is 108 cm³/mol. The van der Waals surface area contributed by atoms with Crippen molar-refractivity contribution in [2.24, 2.45) is 11.3 Å². The van der Waals surface area contributed by atoms with Gasteiger partial charge in [-0.15, -0.1) is 0 Å². The van der Waals surface area contributed by atoms with Gasteiger partial charge in [0.2, 0.25) is 0 Å². The van der Waals surface area contributed by atoms with Crippen LogP contribution in [0.1, 0.15) is 27.9 Å². The Labute approximate surface area is 178 Å². The molecule has 0 radical (unpaired) electrons. The minimum Gasteiger partial charge on any atom is -0.396 e. The maximum Gasteiger partial charge on any atom is 0.417 e. The summed E-state index contributed by atoms with van der Waals surface area (Å²) in [5.74, 6) is -0.170. The number of carbonyl (C=O) groups excluding carboxylic acids is 1. The summed E-state index contributed by atoms with van der Waals surface area (Å²) in [4.78, 5) is 16.5. The molecule has 0 saturated carbocycles. The highest BCUT2D eigenvalue weighted by Crippen LogP contribution is 2.44. The van der Waals surface area contributed by atoms with E-state index < -0.39 is 22.7 Å². The van der Waals surface area contributed by atoms with E-state index in [9.17, 15) is 23.1 Å². The number of alkyl halides is 3. The maximum absolute atomic E-state index is 13.4. The third-order valence-electron chi connectivity index (χ3n) is 6.55. The summed E-state index contributed by atoms with van der Waals surface area (Å²) in [5.41, 5.74) is -0.837. The average Bonchev–Trinajstić information content (AvgIpc) is 3.17. The molecule has 4 rings (SSSR count). The summed E-state index contributed by atoms with van der Waals surface area (Å²) in [5, 5.41) is 19.2. The summed E-state index contributed by atoms with van der Waals surface area (Å²) in [7, 11) is 0. The number of anilines is 1. The molecule has 2 aromatic rings. The van der Waals surface area contributed by atoms with Crippen LogP contribution in [0.5, 0.6) is 0 Å². The second-order valence-electron chi connectivity index (χ2n) is 8.30. The summed E-state index contributed by atoms with van der Waals surface area (Å²) < 4.78 is 40.1. The second kappa shape index (κ2) is 7.89. The van der Waals surface area contributed by atoms with Crippen LogP contribution in [0, 0.1) is 22.7 Å². The van der Waals surface area contributed by atoms with Gasteiger partial charge < -0.3 is 14.9 Å². The number of nitriles is 1. The molecule has 8 heteroatoms. The summed E-state index contributed by atoms with van der Waals surface area (Å²) in [6.07, 6.45) is -4.05. The van der Waals surface area contributed by atoms with Gasteiger partial charge in [-0.25, -0.2) is 0 Å². The molecule has 1 amide bonds. The molecule has 2 aliphatic rings. The molecule has 2 aromatic carbocycles. The SMILES string of the molecule is N#Cc1ccc(N2CC[C@@]3(CO)CN(C(=O)c4ccccc4)C[C@H]3C2)cc1C(F)(F)F. The number of amides is 1. The minimum atomic E-state index is -4.61. The van der Waals surface area contributed by atoms with Gasteiger partial charge in [0.25, 0.3) is 5.91 Å². The molecule has 0 spiro atoms. The lowest BCUT2D eigenvalue weighted by Crippen LogP contribution is -2.49. The normalized spacial score (nSPS) is 23.4. The zero-order valence-corrected chi connectivity index (χ0v) is 16.8. The van der Waals surface area contributed by atoms with Crippen molar-refractivity contribution >= 4 is 11.6 Å². The van der Waals surface area contributed by atoms with Crippen molar-refractivity contribution in [2.45, 2.75) is 12.6 Å². The highest BCUT2D eigenvalue weighted by molar-refractivity contribution is 5.94. The van der Waals surface area contributed by atoms with Crippen LogP contribution in [-0.2, 0) is 6.18 Å². The standard InChI is InChI=1S/C23H22F3N3O2/c24-23(25,26)20-10-19(7-6-17(20)11-27)28-9-8-22(15-30)14-29(13-18(22)12-28)21(31)16-4-2-1-3-5-16/h1-7,10,18,30H,8-9,12-15H2/t18-,22+/m1/s1. The molecule has 0 aromatic heterocycles. The molecular weight excluding hydrogens is 407 g/mol. The summed E-state index contributed by atoms with van der Waals surface area (Å²) in [6.45, 7) is 1.69. The number of fused-ring (bicyclic) bond motifs is 1. The van der Waals surface area contributed by atoms with E-state index in [-0.39, 0.29) is 18.4 Å². The highest BCUT2D eigenvalue weighted by atomic mass is 19.4. The lowest BCUT2D eigenvalue weighted by atomic mass is 9.73. The van der Waals surface area contributed by atoms with Gasteiger partial charge in [-0.3, -0.25) is 4.79 Å². The monoisotopic (exact) mass is 429 g/mol. The smallest absolute Gasteiger partial charge is 0.396 e. The van der Waals surface area contributed by atoms with Crippen molar-refractivity contribution in [3.63, 3.8) is 0 Å². The fourth-order valence-corrected chi connectivity index (χ4v) is 4.75. The molecule has 1 N–H and O–H groups in total. The molecule has 5 nitrogen and oxygen atoms in total. The number of likely N-dealkylation sites (tertiary alicyclic amines) is 1. The lowest BCUT2D eigenvalue weighted by Gasteiger charge is -2.43. The van der Waals surface area contributed by atoms with E-state index >= 15 is 0 Å². The third kappa shape index (κ3) is 3.86. The molecule has 2 heterocycles. The van der Waals surface area contributed by atoms with Gasteiger partial charge >= 0.3 is 6.18 Å². The van der Waals surface area contributed by atoms with E-state index in [0.717, 1.165) is 6.07 Å². The van der Waals surface area contributed by atoms with Crippen molar-refractivity contribution < 1.29 is 23.1 Å². The van der Waals surface area contributed by atoms with Gasteiger partial charge in [-0.2, -0.15) is 18.4 Å². The minimum absolute atomic E-state index is 0.0658. The summed E-state index contributed by atoms with van der Waals surface area (Å²) >= 11 is 0. The average molecular weight is 429 g/mol. The fraction of sp³-hybridized carbons (Fsp3) is 0.391. The van der Waals surface area contributed by atoms with Crippen molar-refractivity contribution in [1.82, 2.24) is 4.90 Å². The molecule has 2 fully saturated rings. The van der Waals surface area contributed by atoms with E-state index in [1.54, 1.807) is 35.2 Å². The number of nitrogens with zero attached hydrogens (tertiary/aromatic N) is 3. The van der Waals surface area contributed by atoms with Crippen LogP contribution in [0.25, 0.3) is 0 Å². The molecule has 31 heavy (non-hydrogen) atoms. The Hall–Kier alpha value is -3.05. The van der Waals surface area contributed by atoms with Crippen molar-refractivity contribution in [2.75, 3.05) is 37.7 Å². The quantitative estimate of drug-likeness (QED) is 0.811. The Balaban J connectivity index is 1.57. The maximum atomic E-state index is 13.4. The second-order valence-corrected chi connectivity index (χ2v) is 8.30. The van der Waals surface area contributed by atoms with Crippen LogP contribution < -0.4 is 4.90 Å². The number of carbonyl (C=O) groups is 1. The molecule has 162 valence electrons. The Kier molecular flexibility index (Phi) is 5.40. The Bertz CT molecular complexity index is 1020. The van der Waals surface area contributed by atoms with Crippen molar-refractivity contribution in [1.29, 1.82) is 5.26 Å². The number of piperidine rings is 1.